The Hall–Kier alpha value is -3.32. The Morgan fingerprint density at radius 1 is 1.13 bits per heavy atom. The SMILES string of the molecule is O=C(Cc1ccc2c(c1)OCO2)N1CC[C@@H](Oc2ccc3ccncc3c2)[C@H](O)C1. The molecule has 7 nitrogen and oxygen atoms in total. The smallest absolute Gasteiger partial charge is 0.231 e. The molecular formula is C23H22N2O5. The van der Waals surface area contributed by atoms with Gasteiger partial charge in [-0.15, -0.1) is 0 Å². The minimum atomic E-state index is -0.746. The summed E-state index contributed by atoms with van der Waals surface area (Å²) in [7, 11) is 0. The van der Waals surface area contributed by atoms with E-state index in [2.05, 4.69) is 4.98 Å². The number of hydrogen-bond donors (Lipinski definition) is 1. The summed E-state index contributed by atoms with van der Waals surface area (Å²) in [5.74, 6) is 2.03. The molecule has 1 saturated heterocycles. The first-order chi connectivity index (χ1) is 14.7. The lowest BCUT2D eigenvalue weighted by molar-refractivity contribution is -0.136. The van der Waals surface area contributed by atoms with E-state index in [0.29, 0.717) is 30.2 Å². The van der Waals surface area contributed by atoms with E-state index in [1.165, 1.54) is 0 Å². The lowest BCUT2D eigenvalue weighted by Crippen LogP contribution is -2.51. The van der Waals surface area contributed by atoms with Crippen molar-refractivity contribution in [1.29, 1.82) is 0 Å². The Balaban J connectivity index is 1.20. The zero-order valence-corrected chi connectivity index (χ0v) is 16.4. The van der Waals surface area contributed by atoms with Crippen LogP contribution in [0.5, 0.6) is 17.2 Å². The molecule has 1 aromatic heterocycles. The van der Waals surface area contributed by atoms with Crippen LogP contribution in [-0.4, -0.2) is 53.0 Å². The molecule has 1 amide bonds. The molecule has 0 saturated carbocycles. The number of carbonyl (C=O) groups is 1. The van der Waals surface area contributed by atoms with Crippen LogP contribution in [0.4, 0.5) is 0 Å². The highest BCUT2D eigenvalue weighted by Crippen LogP contribution is 2.33. The Labute approximate surface area is 173 Å². The Morgan fingerprint density at radius 2 is 2.03 bits per heavy atom. The average Bonchev–Trinajstić information content (AvgIpc) is 3.23. The fourth-order valence-electron chi connectivity index (χ4n) is 3.92. The molecule has 2 aliphatic rings. The predicted octanol–water partition coefficient (Wildman–Crippen LogP) is 2.55. The van der Waals surface area contributed by atoms with Crippen LogP contribution in [0.1, 0.15) is 12.0 Å². The molecule has 7 heteroatoms. The Kier molecular flexibility index (Phi) is 4.88. The van der Waals surface area contributed by atoms with Crippen molar-refractivity contribution in [3.05, 3.63) is 60.4 Å². The van der Waals surface area contributed by atoms with Gasteiger partial charge in [-0.1, -0.05) is 12.1 Å². The van der Waals surface area contributed by atoms with Crippen molar-refractivity contribution in [1.82, 2.24) is 9.88 Å². The third-order valence-electron chi connectivity index (χ3n) is 5.56. The molecule has 0 spiro atoms. The normalized spacial score (nSPS) is 20.4. The number of likely N-dealkylation sites (tertiary alicyclic amines) is 1. The van der Waals surface area contributed by atoms with Gasteiger partial charge in [0.25, 0.3) is 0 Å². The summed E-state index contributed by atoms with van der Waals surface area (Å²) >= 11 is 0. The Bertz CT molecular complexity index is 1090. The minimum absolute atomic E-state index is 0.0249. The van der Waals surface area contributed by atoms with E-state index in [-0.39, 0.29) is 31.8 Å². The van der Waals surface area contributed by atoms with Gasteiger partial charge in [0.2, 0.25) is 12.7 Å². The van der Waals surface area contributed by atoms with E-state index < -0.39 is 6.10 Å². The number of piperidine rings is 1. The molecule has 3 heterocycles. The standard InChI is InChI=1S/C23H22N2O5/c26-19-13-25(23(27)10-15-1-4-21-22(9-15)29-14-28-21)8-6-20(19)30-18-3-2-16-5-7-24-12-17(16)11-18/h1-5,7,9,11-12,19-20,26H,6,8,10,13-14H2/t19-,20-/m1/s1. The van der Waals surface area contributed by atoms with Crippen LogP contribution in [0, 0.1) is 0 Å². The largest absolute Gasteiger partial charge is 0.488 e. The minimum Gasteiger partial charge on any atom is -0.488 e. The first-order valence-electron chi connectivity index (χ1n) is 10.0. The number of ether oxygens (including phenoxy) is 3. The lowest BCUT2D eigenvalue weighted by Gasteiger charge is -2.36. The van der Waals surface area contributed by atoms with Crippen LogP contribution in [-0.2, 0) is 11.2 Å². The zero-order valence-electron chi connectivity index (χ0n) is 16.4. The van der Waals surface area contributed by atoms with E-state index in [1.807, 2.05) is 42.5 Å². The summed E-state index contributed by atoms with van der Waals surface area (Å²) in [5.41, 5.74) is 0.863. The quantitative estimate of drug-likeness (QED) is 0.717. The van der Waals surface area contributed by atoms with Gasteiger partial charge in [0.05, 0.1) is 13.0 Å². The molecule has 30 heavy (non-hydrogen) atoms. The summed E-state index contributed by atoms with van der Waals surface area (Å²) < 4.78 is 16.7. The molecule has 2 aromatic carbocycles. The van der Waals surface area contributed by atoms with Crippen molar-refractivity contribution in [3.63, 3.8) is 0 Å². The van der Waals surface area contributed by atoms with Gasteiger partial charge in [-0.2, -0.15) is 0 Å². The number of nitrogens with zero attached hydrogens (tertiary/aromatic N) is 2. The van der Waals surface area contributed by atoms with Crippen molar-refractivity contribution >= 4 is 16.7 Å². The van der Waals surface area contributed by atoms with E-state index in [0.717, 1.165) is 16.3 Å². The molecule has 3 aromatic rings. The summed E-state index contributed by atoms with van der Waals surface area (Å²) in [6.45, 7) is 1.00. The molecule has 154 valence electrons. The van der Waals surface area contributed by atoms with Crippen LogP contribution in [0.2, 0.25) is 0 Å². The van der Waals surface area contributed by atoms with Crippen molar-refractivity contribution in [2.45, 2.75) is 25.0 Å². The number of aliphatic hydroxyl groups excluding tert-OH is 1. The number of pyridine rings is 1. The number of aromatic nitrogens is 1. The second-order valence-electron chi connectivity index (χ2n) is 7.60. The third-order valence-corrected chi connectivity index (χ3v) is 5.56. The Morgan fingerprint density at radius 3 is 2.93 bits per heavy atom. The summed E-state index contributed by atoms with van der Waals surface area (Å²) in [6, 6.07) is 13.3. The highest BCUT2D eigenvalue weighted by atomic mass is 16.7. The molecular weight excluding hydrogens is 384 g/mol. The van der Waals surface area contributed by atoms with Gasteiger partial charge in [0.1, 0.15) is 18.0 Å². The fourth-order valence-corrected chi connectivity index (χ4v) is 3.92. The molecule has 2 atom stereocenters. The van der Waals surface area contributed by atoms with Crippen molar-refractivity contribution in [2.75, 3.05) is 19.9 Å². The molecule has 0 radical (unpaired) electrons. The summed E-state index contributed by atoms with van der Waals surface area (Å²) in [5, 5.41) is 12.7. The van der Waals surface area contributed by atoms with Crippen LogP contribution < -0.4 is 14.2 Å². The highest BCUT2D eigenvalue weighted by Gasteiger charge is 2.31. The monoisotopic (exact) mass is 406 g/mol. The number of amides is 1. The molecule has 2 aliphatic heterocycles. The topological polar surface area (TPSA) is 81.1 Å². The number of hydrogen-bond acceptors (Lipinski definition) is 6. The summed E-state index contributed by atoms with van der Waals surface area (Å²) in [4.78, 5) is 18.5. The van der Waals surface area contributed by atoms with Crippen LogP contribution in [0.15, 0.2) is 54.9 Å². The van der Waals surface area contributed by atoms with Crippen molar-refractivity contribution < 1.29 is 24.1 Å². The van der Waals surface area contributed by atoms with E-state index in [1.54, 1.807) is 17.3 Å². The van der Waals surface area contributed by atoms with Gasteiger partial charge in [-0.3, -0.25) is 9.78 Å². The second kappa shape index (κ2) is 7.84. The highest BCUT2D eigenvalue weighted by molar-refractivity contribution is 5.82. The van der Waals surface area contributed by atoms with Crippen molar-refractivity contribution in [2.24, 2.45) is 0 Å². The van der Waals surface area contributed by atoms with Gasteiger partial charge in [-0.05, 0) is 41.3 Å². The maximum absolute atomic E-state index is 12.7. The van der Waals surface area contributed by atoms with Crippen LogP contribution in [0.3, 0.4) is 0 Å². The number of aliphatic hydroxyl groups is 1. The number of fused-ring (bicyclic) bond motifs is 2. The maximum atomic E-state index is 12.7. The molecule has 1 N–H and O–H groups in total. The number of carbonyl (C=O) groups excluding carboxylic acids is 1. The van der Waals surface area contributed by atoms with Crippen LogP contribution >= 0.6 is 0 Å². The van der Waals surface area contributed by atoms with Gasteiger partial charge in [0.15, 0.2) is 11.5 Å². The van der Waals surface area contributed by atoms with E-state index in [9.17, 15) is 9.90 Å². The molecule has 0 unspecified atom stereocenters. The van der Waals surface area contributed by atoms with Gasteiger partial charge >= 0.3 is 0 Å². The van der Waals surface area contributed by atoms with Crippen molar-refractivity contribution in [3.8, 4) is 17.2 Å². The average molecular weight is 406 g/mol. The van der Waals surface area contributed by atoms with Gasteiger partial charge < -0.3 is 24.2 Å². The predicted molar refractivity (Wildman–Crippen MR) is 110 cm³/mol. The fraction of sp³-hybridized carbons (Fsp3) is 0.304. The molecule has 0 bridgehead atoms. The summed E-state index contributed by atoms with van der Waals surface area (Å²) in [6.07, 6.45) is 3.27. The van der Waals surface area contributed by atoms with Crippen LogP contribution in [0.25, 0.3) is 10.8 Å². The number of rotatable bonds is 4. The van der Waals surface area contributed by atoms with Gasteiger partial charge in [0, 0.05) is 30.7 Å². The van der Waals surface area contributed by atoms with E-state index >= 15 is 0 Å². The zero-order chi connectivity index (χ0) is 20.5. The third kappa shape index (κ3) is 3.76. The first kappa shape index (κ1) is 18.7. The van der Waals surface area contributed by atoms with E-state index in [4.69, 9.17) is 14.2 Å². The second-order valence-corrected chi connectivity index (χ2v) is 7.60. The number of benzene rings is 2. The lowest BCUT2D eigenvalue weighted by atomic mass is 10.0. The molecule has 0 aliphatic carbocycles. The first-order valence-corrected chi connectivity index (χ1v) is 10.0. The number of β-amino-alcohol motifs (C(OH)–C–C–N with tert-alkyl or cyclic N) is 1. The molecule has 1 fully saturated rings. The maximum Gasteiger partial charge on any atom is 0.231 e. The molecule has 5 rings (SSSR count). The van der Waals surface area contributed by atoms with Gasteiger partial charge in [-0.25, -0.2) is 0 Å².